The number of hydrogen-bond acceptors (Lipinski definition) is 10. The molecule has 10 heteroatoms. The van der Waals surface area contributed by atoms with Crippen molar-refractivity contribution in [1.29, 1.82) is 0 Å². The lowest BCUT2D eigenvalue weighted by Gasteiger charge is -2.36. The van der Waals surface area contributed by atoms with Crippen molar-refractivity contribution in [3.63, 3.8) is 0 Å². The molecule has 0 fully saturated rings. The van der Waals surface area contributed by atoms with E-state index in [0.717, 1.165) is 32.5 Å². The number of carbonyl (C=O) groups is 2. The second kappa shape index (κ2) is 14.5. The Morgan fingerprint density at radius 1 is 0.851 bits per heavy atom. The van der Waals surface area contributed by atoms with Crippen LogP contribution in [0.4, 0.5) is 5.69 Å². The quantitative estimate of drug-likeness (QED) is 0.0985. The van der Waals surface area contributed by atoms with E-state index >= 15 is 0 Å². The van der Waals surface area contributed by atoms with Crippen molar-refractivity contribution in [2.45, 2.75) is 39.2 Å². The Kier molecular flexibility index (Phi) is 10.2. The fourth-order valence-electron chi connectivity index (χ4n) is 5.66. The Bertz CT molecular complexity index is 1700. The van der Waals surface area contributed by atoms with Crippen LogP contribution in [0, 0.1) is 0 Å². The number of unbranched alkanes of at least 4 members (excludes halogenated alkanes) is 1. The topological polar surface area (TPSA) is 141 Å². The maximum Gasteiger partial charge on any atom is 0.340 e. The second-order valence-corrected chi connectivity index (χ2v) is 11.2. The first-order valence-electron chi connectivity index (χ1n) is 15.8. The standard InChI is InChI=1S/C20H12O5.C17H28N2O3/c21-11-5-7-15-17(9-11)24-18-10-12(22)6-8-16(18)20(15)14-4-2-1-3-13(14)19(23)25-20;1-4-7-11-21-16-13-14(8-9-15(16)18)17(20)22-12-10-19(5-2)6-3/h1-10,21-22H;8-9,13H,4-7,10-12,18H2,1-3H3. The average Bonchev–Trinajstić information content (AvgIpc) is 3.36. The van der Waals surface area contributed by atoms with Gasteiger partial charge in [-0.25, -0.2) is 9.59 Å². The molecule has 6 rings (SSSR count). The highest BCUT2D eigenvalue weighted by atomic mass is 16.6. The number of phenolic OH excluding ortho intramolecular Hbond substituents is 2. The molecule has 2 aliphatic heterocycles. The first kappa shape index (κ1) is 33.2. The fourth-order valence-corrected chi connectivity index (χ4v) is 5.66. The fraction of sp³-hybridized carbons (Fsp3) is 0.297. The van der Waals surface area contributed by atoms with Crippen molar-refractivity contribution in [2.75, 3.05) is 38.6 Å². The van der Waals surface area contributed by atoms with Gasteiger partial charge in [-0.15, -0.1) is 0 Å². The minimum atomic E-state index is -1.17. The number of phenols is 2. The van der Waals surface area contributed by atoms with E-state index in [1.807, 2.05) is 12.1 Å². The summed E-state index contributed by atoms with van der Waals surface area (Å²) in [6.45, 7) is 9.90. The molecule has 4 N–H and O–H groups in total. The first-order chi connectivity index (χ1) is 22.7. The molecule has 0 saturated heterocycles. The molecule has 0 bridgehead atoms. The number of hydrogen-bond donors (Lipinski definition) is 3. The number of nitrogens with zero attached hydrogens (tertiary/aromatic N) is 1. The molecular formula is C37H40N2O8. The molecule has 1 spiro atoms. The number of anilines is 1. The van der Waals surface area contributed by atoms with Gasteiger partial charge >= 0.3 is 11.9 Å². The Hall–Kier alpha value is -5.22. The Labute approximate surface area is 274 Å². The van der Waals surface area contributed by atoms with Crippen LogP contribution in [0.1, 0.15) is 71.0 Å². The van der Waals surface area contributed by atoms with Crippen LogP contribution in [0.2, 0.25) is 0 Å². The van der Waals surface area contributed by atoms with Crippen molar-refractivity contribution in [2.24, 2.45) is 0 Å². The van der Waals surface area contributed by atoms with Gasteiger partial charge in [-0.1, -0.05) is 45.4 Å². The molecule has 4 aromatic carbocycles. The number of fused-ring (bicyclic) bond motifs is 6. The van der Waals surface area contributed by atoms with Crippen LogP contribution in [0.25, 0.3) is 0 Å². The second-order valence-electron chi connectivity index (χ2n) is 11.2. The zero-order valence-electron chi connectivity index (χ0n) is 26.8. The van der Waals surface area contributed by atoms with Crippen molar-refractivity contribution in [1.82, 2.24) is 4.90 Å². The molecule has 2 heterocycles. The van der Waals surface area contributed by atoms with E-state index in [-0.39, 0.29) is 17.5 Å². The summed E-state index contributed by atoms with van der Waals surface area (Å²) >= 11 is 0. The average molecular weight is 641 g/mol. The number of ether oxygens (including phenoxy) is 4. The maximum absolute atomic E-state index is 12.5. The van der Waals surface area contributed by atoms with Gasteiger partial charge in [0.1, 0.15) is 35.4 Å². The van der Waals surface area contributed by atoms with Gasteiger partial charge < -0.3 is 39.8 Å². The molecule has 0 saturated carbocycles. The van der Waals surface area contributed by atoms with Crippen LogP contribution < -0.4 is 15.2 Å². The van der Waals surface area contributed by atoms with Crippen molar-refractivity contribution < 1.29 is 38.7 Å². The van der Waals surface area contributed by atoms with Crippen molar-refractivity contribution >= 4 is 17.6 Å². The SMILES string of the molecule is CCCCOc1cc(C(=O)OCCN(CC)CC)ccc1N.O=C1OC2(c3ccc(O)cc3Oc3cc(O)ccc32)c2ccccc21. The summed E-state index contributed by atoms with van der Waals surface area (Å²) in [5.74, 6) is 0.616. The lowest BCUT2D eigenvalue weighted by Crippen LogP contribution is -2.32. The number of likely N-dealkylation sites (N-methyl/N-ethyl adjacent to an activating group) is 1. The molecule has 2 aliphatic rings. The van der Waals surface area contributed by atoms with Crippen LogP contribution in [0.15, 0.2) is 78.9 Å². The highest BCUT2D eigenvalue weighted by molar-refractivity contribution is 5.97. The summed E-state index contributed by atoms with van der Waals surface area (Å²) in [4.78, 5) is 26.8. The zero-order valence-corrected chi connectivity index (χ0v) is 26.8. The Morgan fingerprint density at radius 2 is 1.51 bits per heavy atom. The van der Waals surface area contributed by atoms with Crippen LogP contribution in [0.3, 0.4) is 0 Å². The first-order valence-corrected chi connectivity index (χ1v) is 15.8. The summed E-state index contributed by atoms with van der Waals surface area (Å²) < 4.78 is 22.7. The van der Waals surface area contributed by atoms with E-state index in [1.165, 1.54) is 24.3 Å². The Balaban J connectivity index is 0.000000187. The zero-order chi connectivity index (χ0) is 33.6. The number of rotatable bonds is 10. The van der Waals surface area contributed by atoms with Crippen LogP contribution in [0.5, 0.6) is 28.7 Å². The molecule has 0 aliphatic carbocycles. The molecular weight excluding hydrogens is 600 g/mol. The van der Waals surface area contributed by atoms with Gasteiger partial charge in [-0.05, 0) is 68.0 Å². The third-order valence-corrected chi connectivity index (χ3v) is 8.22. The normalized spacial score (nSPS) is 13.4. The van der Waals surface area contributed by atoms with E-state index in [4.69, 9.17) is 24.7 Å². The van der Waals surface area contributed by atoms with E-state index in [0.29, 0.717) is 64.0 Å². The van der Waals surface area contributed by atoms with Gasteiger partial charge in [-0.3, -0.25) is 0 Å². The van der Waals surface area contributed by atoms with Crippen molar-refractivity contribution in [3.05, 3.63) is 107 Å². The van der Waals surface area contributed by atoms with Crippen molar-refractivity contribution in [3.8, 4) is 28.7 Å². The summed E-state index contributed by atoms with van der Waals surface area (Å²) in [6, 6.07) is 21.6. The molecule has 0 aromatic heterocycles. The number of carbonyl (C=O) groups excluding carboxylic acids is 2. The van der Waals surface area contributed by atoms with Gasteiger partial charge in [0.05, 0.1) is 23.4 Å². The van der Waals surface area contributed by atoms with E-state index < -0.39 is 11.6 Å². The summed E-state index contributed by atoms with van der Waals surface area (Å²) in [7, 11) is 0. The highest BCUT2D eigenvalue weighted by Gasteiger charge is 2.53. The van der Waals surface area contributed by atoms with Crippen LogP contribution >= 0.6 is 0 Å². The summed E-state index contributed by atoms with van der Waals surface area (Å²) in [6.07, 6.45) is 2.00. The molecule has 0 radical (unpaired) electrons. The minimum absolute atomic E-state index is 0.0371. The number of nitrogens with two attached hydrogens (primary N) is 1. The largest absolute Gasteiger partial charge is 0.508 e. The lowest BCUT2D eigenvalue weighted by atomic mass is 9.77. The minimum Gasteiger partial charge on any atom is -0.508 e. The van der Waals surface area contributed by atoms with Gasteiger partial charge in [-0.2, -0.15) is 0 Å². The summed E-state index contributed by atoms with van der Waals surface area (Å²) in [5.41, 5.74) is 8.16. The molecule has 10 nitrogen and oxygen atoms in total. The third-order valence-electron chi connectivity index (χ3n) is 8.22. The van der Waals surface area contributed by atoms with Crippen LogP contribution in [-0.4, -0.2) is 59.9 Å². The summed E-state index contributed by atoms with van der Waals surface area (Å²) in [5, 5.41) is 19.7. The highest BCUT2D eigenvalue weighted by Crippen LogP contribution is 2.56. The maximum atomic E-state index is 12.5. The molecule has 0 unspecified atom stereocenters. The van der Waals surface area contributed by atoms with Gasteiger partial charge in [0.15, 0.2) is 5.60 Å². The third kappa shape index (κ3) is 6.83. The predicted octanol–water partition coefficient (Wildman–Crippen LogP) is 6.61. The van der Waals surface area contributed by atoms with E-state index in [9.17, 15) is 19.8 Å². The lowest BCUT2D eigenvalue weighted by molar-refractivity contribution is 0.0224. The number of benzene rings is 4. The molecule has 246 valence electrons. The Morgan fingerprint density at radius 3 is 2.15 bits per heavy atom. The molecule has 0 atom stereocenters. The smallest absolute Gasteiger partial charge is 0.340 e. The van der Waals surface area contributed by atoms with E-state index in [1.54, 1.807) is 42.5 Å². The monoisotopic (exact) mass is 640 g/mol. The number of nitrogen functional groups attached to an aromatic ring is 1. The molecule has 0 amide bonds. The van der Waals surface area contributed by atoms with Gasteiger partial charge in [0.2, 0.25) is 0 Å². The number of esters is 2. The van der Waals surface area contributed by atoms with Gasteiger partial charge in [0.25, 0.3) is 0 Å². The molecule has 47 heavy (non-hydrogen) atoms. The van der Waals surface area contributed by atoms with Crippen LogP contribution in [-0.2, 0) is 15.1 Å². The molecule has 4 aromatic rings. The van der Waals surface area contributed by atoms with Gasteiger partial charge in [0, 0.05) is 35.4 Å². The van der Waals surface area contributed by atoms with E-state index in [2.05, 4.69) is 25.7 Å². The predicted molar refractivity (Wildman–Crippen MR) is 177 cm³/mol. The number of aromatic hydroxyl groups is 2.